The first kappa shape index (κ1) is 14.6. The third-order valence-corrected chi connectivity index (χ3v) is 3.85. The van der Waals surface area contributed by atoms with Crippen molar-refractivity contribution in [1.82, 2.24) is 4.90 Å². The van der Waals surface area contributed by atoms with Gasteiger partial charge in [0.05, 0.1) is 11.6 Å². The molecule has 0 saturated carbocycles. The minimum absolute atomic E-state index is 0.00159. The van der Waals surface area contributed by atoms with Crippen molar-refractivity contribution in [2.45, 2.75) is 32.2 Å². The maximum atomic E-state index is 6.19. The number of ether oxygens (including phenoxy) is 1. The van der Waals surface area contributed by atoms with Crippen LogP contribution in [0.3, 0.4) is 0 Å². The summed E-state index contributed by atoms with van der Waals surface area (Å²) in [6, 6.07) is 5.78. The van der Waals surface area contributed by atoms with Gasteiger partial charge in [0.2, 0.25) is 0 Å². The molecule has 1 aromatic carbocycles. The van der Waals surface area contributed by atoms with Gasteiger partial charge in [0.1, 0.15) is 5.75 Å². The molecule has 4 heteroatoms. The third-order valence-electron chi connectivity index (χ3n) is 3.56. The van der Waals surface area contributed by atoms with E-state index in [1.807, 2.05) is 25.1 Å². The summed E-state index contributed by atoms with van der Waals surface area (Å²) in [4.78, 5) is 2.49. The molecular weight excluding hydrogens is 260 g/mol. The van der Waals surface area contributed by atoms with Crippen molar-refractivity contribution in [2.24, 2.45) is 5.73 Å². The summed E-state index contributed by atoms with van der Waals surface area (Å²) >= 11 is 6.19. The Bertz CT molecular complexity index is 403. The zero-order chi connectivity index (χ0) is 13.7. The molecular formula is C15H23ClN2O. The number of hydrogen-bond donors (Lipinski definition) is 1. The lowest BCUT2D eigenvalue weighted by Gasteiger charge is -2.15. The highest BCUT2D eigenvalue weighted by atomic mass is 35.5. The fraction of sp³-hybridized carbons (Fsp3) is 0.600. The van der Waals surface area contributed by atoms with Crippen LogP contribution < -0.4 is 10.5 Å². The molecule has 2 N–H and O–H groups in total. The van der Waals surface area contributed by atoms with E-state index in [2.05, 4.69) is 4.90 Å². The minimum atomic E-state index is 0.00159. The second kappa shape index (κ2) is 7.13. The third kappa shape index (κ3) is 4.37. The summed E-state index contributed by atoms with van der Waals surface area (Å²) < 4.78 is 5.73. The average Bonchev–Trinajstić information content (AvgIpc) is 2.89. The predicted molar refractivity (Wildman–Crippen MR) is 79.8 cm³/mol. The molecule has 1 atom stereocenters. The second-order valence-electron chi connectivity index (χ2n) is 5.23. The Balaban J connectivity index is 1.76. The van der Waals surface area contributed by atoms with Gasteiger partial charge in [-0.25, -0.2) is 0 Å². The molecule has 0 aromatic heterocycles. The highest BCUT2D eigenvalue weighted by Gasteiger charge is 2.11. The van der Waals surface area contributed by atoms with E-state index in [1.54, 1.807) is 0 Å². The Hall–Kier alpha value is -0.770. The topological polar surface area (TPSA) is 38.5 Å². The monoisotopic (exact) mass is 282 g/mol. The number of halogens is 1. The lowest BCUT2D eigenvalue weighted by molar-refractivity contribution is 0.263. The summed E-state index contributed by atoms with van der Waals surface area (Å²) in [6.07, 6.45) is 3.72. The van der Waals surface area contributed by atoms with Crippen molar-refractivity contribution in [3.63, 3.8) is 0 Å². The molecule has 1 heterocycles. The summed E-state index contributed by atoms with van der Waals surface area (Å²) in [7, 11) is 0. The van der Waals surface area contributed by atoms with Gasteiger partial charge in [-0.05, 0) is 57.0 Å². The molecule has 1 aliphatic rings. The van der Waals surface area contributed by atoms with E-state index in [1.165, 1.54) is 25.9 Å². The highest BCUT2D eigenvalue weighted by Crippen LogP contribution is 2.27. The van der Waals surface area contributed by atoms with Crippen molar-refractivity contribution in [3.8, 4) is 5.75 Å². The quantitative estimate of drug-likeness (QED) is 0.814. The zero-order valence-electron chi connectivity index (χ0n) is 11.6. The zero-order valence-corrected chi connectivity index (χ0v) is 12.3. The summed E-state index contributed by atoms with van der Waals surface area (Å²) in [5.41, 5.74) is 6.86. The molecule has 1 aromatic rings. The summed E-state index contributed by atoms with van der Waals surface area (Å²) in [5.74, 6) is 0.757. The molecule has 3 nitrogen and oxygen atoms in total. The van der Waals surface area contributed by atoms with Gasteiger partial charge in [-0.2, -0.15) is 0 Å². The standard InChI is InChI=1S/C15H23ClN2O/c1-12(17)13-5-6-15(14(16)11-13)19-10-4-9-18-7-2-3-8-18/h5-6,11-12H,2-4,7-10,17H2,1H3/t12-/m0/s1. The van der Waals surface area contributed by atoms with Crippen molar-refractivity contribution >= 4 is 11.6 Å². The second-order valence-corrected chi connectivity index (χ2v) is 5.64. The Morgan fingerprint density at radius 3 is 2.74 bits per heavy atom. The largest absolute Gasteiger partial charge is 0.492 e. The molecule has 0 amide bonds. The van der Waals surface area contributed by atoms with E-state index < -0.39 is 0 Å². The van der Waals surface area contributed by atoms with Crippen LogP contribution in [0, 0.1) is 0 Å². The summed E-state index contributed by atoms with van der Waals surface area (Å²) in [6.45, 7) is 6.26. The van der Waals surface area contributed by atoms with Crippen LogP contribution in [0.25, 0.3) is 0 Å². The molecule has 106 valence electrons. The van der Waals surface area contributed by atoms with Crippen molar-refractivity contribution < 1.29 is 4.74 Å². The molecule has 0 spiro atoms. The summed E-state index contributed by atoms with van der Waals surface area (Å²) in [5, 5.41) is 0.649. The predicted octanol–water partition coefficient (Wildman–Crippen LogP) is 3.22. The van der Waals surface area contributed by atoms with Crippen molar-refractivity contribution in [3.05, 3.63) is 28.8 Å². The van der Waals surface area contributed by atoms with E-state index in [-0.39, 0.29) is 6.04 Å². The lowest BCUT2D eigenvalue weighted by Crippen LogP contribution is -2.21. The van der Waals surface area contributed by atoms with E-state index in [0.717, 1.165) is 24.3 Å². The van der Waals surface area contributed by atoms with Crippen LogP contribution in [-0.2, 0) is 0 Å². The van der Waals surface area contributed by atoms with Gasteiger partial charge < -0.3 is 15.4 Å². The molecule has 1 aliphatic heterocycles. The number of nitrogens with zero attached hydrogens (tertiary/aromatic N) is 1. The first-order chi connectivity index (χ1) is 9.16. The van der Waals surface area contributed by atoms with Gasteiger partial charge in [0.15, 0.2) is 0 Å². The van der Waals surface area contributed by atoms with Crippen molar-refractivity contribution in [1.29, 1.82) is 0 Å². The molecule has 1 saturated heterocycles. The van der Waals surface area contributed by atoms with Crippen LogP contribution >= 0.6 is 11.6 Å². The van der Waals surface area contributed by atoms with Crippen LogP contribution in [0.5, 0.6) is 5.75 Å². The van der Waals surface area contributed by atoms with Crippen LogP contribution in [0.2, 0.25) is 5.02 Å². The minimum Gasteiger partial charge on any atom is -0.492 e. The smallest absolute Gasteiger partial charge is 0.137 e. The first-order valence-corrected chi connectivity index (χ1v) is 7.45. The number of benzene rings is 1. The van der Waals surface area contributed by atoms with Gasteiger partial charge in [-0.15, -0.1) is 0 Å². The van der Waals surface area contributed by atoms with E-state index in [4.69, 9.17) is 22.1 Å². The fourth-order valence-electron chi connectivity index (χ4n) is 2.39. The van der Waals surface area contributed by atoms with Gasteiger partial charge in [-0.3, -0.25) is 0 Å². The van der Waals surface area contributed by atoms with Gasteiger partial charge in [-0.1, -0.05) is 17.7 Å². The molecule has 0 radical (unpaired) electrons. The first-order valence-electron chi connectivity index (χ1n) is 7.07. The van der Waals surface area contributed by atoms with Gasteiger partial charge in [0, 0.05) is 12.6 Å². The Labute approximate surface area is 120 Å². The maximum absolute atomic E-state index is 6.19. The maximum Gasteiger partial charge on any atom is 0.137 e. The normalized spacial score (nSPS) is 17.6. The molecule has 19 heavy (non-hydrogen) atoms. The molecule has 2 rings (SSSR count). The van der Waals surface area contributed by atoms with Gasteiger partial charge in [0.25, 0.3) is 0 Å². The Morgan fingerprint density at radius 2 is 2.11 bits per heavy atom. The van der Waals surface area contributed by atoms with Crippen LogP contribution in [0.15, 0.2) is 18.2 Å². The number of hydrogen-bond acceptors (Lipinski definition) is 3. The average molecular weight is 283 g/mol. The fourth-order valence-corrected chi connectivity index (χ4v) is 2.64. The SMILES string of the molecule is C[C@H](N)c1ccc(OCCCN2CCCC2)c(Cl)c1. The lowest BCUT2D eigenvalue weighted by atomic mass is 10.1. The molecule has 0 bridgehead atoms. The highest BCUT2D eigenvalue weighted by molar-refractivity contribution is 6.32. The van der Waals surface area contributed by atoms with Crippen LogP contribution in [-0.4, -0.2) is 31.1 Å². The van der Waals surface area contributed by atoms with Crippen LogP contribution in [0.4, 0.5) is 0 Å². The van der Waals surface area contributed by atoms with Crippen LogP contribution in [0.1, 0.15) is 37.8 Å². The van der Waals surface area contributed by atoms with E-state index in [0.29, 0.717) is 11.6 Å². The van der Waals surface area contributed by atoms with E-state index >= 15 is 0 Å². The number of nitrogens with two attached hydrogens (primary N) is 1. The Morgan fingerprint density at radius 1 is 1.37 bits per heavy atom. The molecule has 1 fully saturated rings. The van der Waals surface area contributed by atoms with Crippen molar-refractivity contribution in [2.75, 3.05) is 26.2 Å². The van der Waals surface area contributed by atoms with E-state index in [9.17, 15) is 0 Å². The Kier molecular flexibility index (Phi) is 5.49. The molecule has 0 aliphatic carbocycles. The molecule has 0 unspecified atom stereocenters. The number of likely N-dealkylation sites (tertiary alicyclic amines) is 1. The van der Waals surface area contributed by atoms with Gasteiger partial charge >= 0.3 is 0 Å². The number of rotatable bonds is 6.